The molecule has 156 valence electrons. The number of aryl methyl sites for hydroxylation is 1. The van der Waals surface area contributed by atoms with Crippen molar-refractivity contribution in [2.24, 2.45) is 5.92 Å². The van der Waals surface area contributed by atoms with Gasteiger partial charge in [0.25, 0.3) is 0 Å². The Kier molecular flexibility index (Phi) is 5.36. The topological polar surface area (TPSA) is 12.5 Å². The van der Waals surface area contributed by atoms with Crippen molar-refractivity contribution in [2.75, 3.05) is 19.7 Å². The van der Waals surface area contributed by atoms with Gasteiger partial charge in [-0.05, 0) is 85.0 Å². The number of alkyl halides is 3. The molecule has 1 heterocycles. The van der Waals surface area contributed by atoms with Gasteiger partial charge in [0.15, 0.2) is 0 Å². The lowest BCUT2D eigenvalue weighted by Crippen LogP contribution is -2.50. The lowest BCUT2D eigenvalue weighted by Gasteiger charge is -2.50. The van der Waals surface area contributed by atoms with E-state index >= 15 is 0 Å². The van der Waals surface area contributed by atoms with Crippen molar-refractivity contribution in [3.8, 4) is 5.75 Å². The van der Waals surface area contributed by atoms with E-state index in [1.54, 1.807) is 12.1 Å². The van der Waals surface area contributed by atoms with Crippen LogP contribution in [0.4, 0.5) is 13.2 Å². The first-order valence-corrected chi connectivity index (χ1v) is 10.4. The van der Waals surface area contributed by atoms with Crippen LogP contribution < -0.4 is 4.74 Å². The summed E-state index contributed by atoms with van der Waals surface area (Å²) in [6.45, 7) is 7.72. The van der Waals surface area contributed by atoms with Gasteiger partial charge in [-0.1, -0.05) is 25.1 Å². The van der Waals surface area contributed by atoms with Gasteiger partial charge in [0, 0.05) is 13.1 Å². The molecule has 29 heavy (non-hydrogen) atoms. The highest BCUT2D eigenvalue weighted by molar-refractivity contribution is 5.43. The van der Waals surface area contributed by atoms with Crippen LogP contribution in [0, 0.1) is 5.92 Å². The number of nitrogens with zero attached hydrogens (tertiary/aromatic N) is 1. The van der Waals surface area contributed by atoms with Crippen LogP contribution in [0.2, 0.25) is 0 Å². The third kappa shape index (κ3) is 4.02. The third-order valence-electron chi connectivity index (χ3n) is 6.78. The molecule has 0 N–H and O–H groups in total. The zero-order valence-electron chi connectivity index (χ0n) is 17.1. The second-order valence-corrected chi connectivity index (χ2v) is 8.58. The Morgan fingerprint density at radius 2 is 1.90 bits per heavy atom. The molecule has 0 amide bonds. The van der Waals surface area contributed by atoms with Gasteiger partial charge in [-0.25, -0.2) is 0 Å². The van der Waals surface area contributed by atoms with Crippen LogP contribution in [0.15, 0.2) is 42.5 Å². The standard InChI is InChI=1S/C24H28F3NO/c1-3-29-21-10-11-22-18(14-21)6-9-20-16-28(13-12-23(20,22)2)15-17-4-7-19(8-5-17)24(25,26)27/h4-5,7-8,10-11,14,20H,3,6,9,12-13,15-16H2,1-2H3. The number of halogens is 3. The van der Waals surface area contributed by atoms with E-state index in [1.807, 2.05) is 6.92 Å². The number of likely N-dealkylation sites (tertiary alicyclic amines) is 1. The highest BCUT2D eigenvalue weighted by atomic mass is 19.4. The van der Waals surface area contributed by atoms with Gasteiger partial charge in [0.1, 0.15) is 5.75 Å². The summed E-state index contributed by atoms with van der Waals surface area (Å²) in [5, 5.41) is 0. The van der Waals surface area contributed by atoms with E-state index in [4.69, 9.17) is 4.74 Å². The second-order valence-electron chi connectivity index (χ2n) is 8.58. The summed E-state index contributed by atoms with van der Waals surface area (Å²) in [6.07, 6.45) is -1.00. The summed E-state index contributed by atoms with van der Waals surface area (Å²) >= 11 is 0. The molecular weight excluding hydrogens is 375 g/mol. The molecule has 1 fully saturated rings. The Labute approximate surface area is 170 Å². The Hall–Kier alpha value is -2.01. The Balaban J connectivity index is 1.46. The maximum Gasteiger partial charge on any atom is 0.416 e. The summed E-state index contributed by atoms with van der Waals surface area (Å²) in [4.78, 5) is 2.40. The molecule has 0 aromatic heterocycles. The molecular formula is C24H28F3NO. The van der Waals surface area contributed by atoms with Crippen LogP contribution >= 0.6 is 0 Å². The number of benzene rings is 2. The van der Waals surface area contributed by atoms with Crippen molar-refractivity contribution in [1.82, 2.24) is 4.90 Å². The van der Waals surface area contributed by atoms with E-state index in [0.29, 0.717) is 19.1 Å². The monoisotopic (exact) mass is 403 g/mol. The summed E-state index contributed by atoms with van der Waals surface area (Å²) in [5.41, 5.74) is 3.38. The van der Waals surface area contributed by atoms with Crippen molar-refractivity contribution >= 4 is 0 Å². The molecule has 0 saturated carbocycles. The SMILES string of the molecule is CCOc1ccc2c(c1)CCC1CN(Cc3ccc(C(F)(F)F)cc3)CCC21C. The highest BCUT2D eigenvalue weighted by Gasteiger charge is 2.43. The molecule has 2 atom stereocenters. The number of hydrogen-bond donors (Lipinski definition) is 0. The van der Waals surface area contributed by atoms with Crippen LogP contribution in [0.3, 0.4) is 0 Å². The van der Waals surface area contributed by atoms with Gasteiger partial charge in [0.2, 0.25) is 0 Å². The molecule has 5 heteroatoms. The number of hydrogen-bond acceptors (Lipinski definition) is 2. The lowest BCUT2D eigenvalue weighted by molar-refractivity contribution is -0.137. The minimum absolute atomic E-state index is 0.162. The van der Waals surface area contributed by atoms with Crippen LogP contribution in [-0.4, -0.2) is 24.6 Å². The molecule has 0 spiro atoms. The van der Waals surface area contributed by atoms with Crippen LogP contribution in [-0.2, 0) is 24.6 Å². The normalized spacial score (nSPS) is 24.7. The van der Waals surface area contributed by atoms with Crippen LogP contribution in [0.5, 0.6) is 5.75 Å². The summed E-state index contributed by atoms with van der Waals surface area (Å²) in [7, 11) is 0. The number of ether oxygens (including phenoxy) is 1. The molecule has 4 rings (SSSR count). The average molecular weight is 403 g/mol. The molecule has 2 aliphatic rings. The summed E-state index contributed by atoms with van der Waals surface area (Å²) < 4.78 is 44.0. The maximum absolute atomic E-state index is 12.8. The zero-order chi connectivity index (χ0) is 20.6. The van der Waals surface area contributed by atoms with E-state index in [-0.39, 0.29) is 5.41 Å². The predicted molar refractivity (Wildman–Crippen MR) is 108 cm³/mol. The molecule has 1 aliphatic carbocycles. The van der Waals surface area contributed by atoms with Crippen molar-refractivity contribution in [3.63, 3.8) is 0 Å². The van der Waals surface area contributed by atoms with Crippen molar-refractivity contribution < 1.29 is 17.9 Å². The fraction of sp³-hybridized carbons (Fsp3) is 0.500. The fourth-order valence-electron chi connectivity index (χ4n) is 5.08. The molecule has 2 unspecified atom stereocenters. The van der Waals surface area contributed by atoms with E-state index in [1.165, 1.54) is 23.3 Å². The van der Waals surface area contributed by atoms with Gasteiger partial charge in [0.05, 0.1) is 12.2 Å². The second kappa shape index (κ2) is 7.67. The summed E-state index contributed by atoms with van der Waals surface area (Å²) in [5.74, 6) is 1.52. The Morgan fingerprint density at radius 3 is 2.59 bits per heavy atom. The first-order valence-electron chi connectivity index (χ1n) is 10.4. The van der Waals surface area contributed by atoms with Crippen LogP contribution in [0.25, 0.3) is 0 Å². The van der Waals surface area contributed by atoms with Crippen molar-refractivity contribution in [2.45, 2.75) is 51.2 Å². The Bertz CT molecular complexity index is 861. The van der Waals surface area contributed by atoms with Gasteiger partial charge in [-0.2, -0.15) is 13.2 Å². The first-order chi connectivity index (χ1) is 13.8. The number of piperidine rings is 1. The van der Waals surface area contributed by atoms with Crippen molar-refractivity contribution in [3.05, 3.63) is 64.7 Å². The third-order valence-corrected chi connectivity index (χ3v) is 6.78. The molecule has 0 radical (unpaired) electrons. The van der Waals surface area contributed by atoms with E-state index < -0.39 is 11.7 Å². The smallest absolute Gasteiger partial charge is 0.416 e. The minimum Gasteiger partial charge on any atom is -0.494 e. The molecule has 2 aromatic rings. The quantitative estimate of drug-likeness (QED) is 0.637. The molecule has 2 aromatic carbocycles. The number of rotatable bonds is 4. The van der Waals surface area contributed by atoms with Gasteiger partial charge < -0.3 is 4.74 Å². The van der Waals surface area contributed by atoms with Crippen LogP contribution in [0.1, 0.15) is 48.9 Å². The Morgan fingerprint density at radius 1 is 1.14 bits per heavy atom. The first kappa shape index (κ1) is 20.3. The maximum atomic E-state index is 12.8. The average Bonchev–Trinajstić information content (AvgIpc) is 2.68. The molecule has 1 aliphatic heterocycles. The van der Waals surface area contributed by atoms with E-state index in [2.05, 4.69) is 30.0 Å². The molecule has 2 nitrogen and oxygen atoms in total. The largest absolute Gasteiger partial charge is 0.494 e. The van der Waals surface area contributed by atoms with Crippen molar-refractivity contribution in [1.29, 1.82) is 0 Å². The molecule has 0 bridgehead atoms. The van der Waals surface area contributed by atoms with Gasteiger partial charge in [-0.3, -0.25) is 4.90 Å². The van der Waals surface area contributed by atoms with Gasteiger partial charge >= 0.3 is 6.18 Å². The number of fused-ring (bicyclic) bond motifs is 3. The summed E-state index contributed by atoms with van der Waals surface area (Å²) in [6, 6.07) is 12.1. The fourth-order valence-corrected chi connectivity index (χ4v) is 5.08. The lowest BCUT2D eigenvalue weighted by atomic mass is 9.61. The molecule has 1 saturated heterocycles. The van der Waals surface area contributed by atoms with E-state index in [0.717, 1.165) is 43.7 Å². The van der Waals surface area contributed by atoms with Gasteiger partial charge in [-0.15, -0.1) is 0 Å². The zero-order valence-corrected chi connectivity index (χ0v) is 17.1. The highest BCUT2D eigenvalue weighted by Crippen LogP contribution is 2.47. The minimum atomic E-state index is -4.27. The predicted octanol–water partition coefficient (Wildman–Crippen LogP) is 5.83. The van der Waals surface area contributed by atoms with E-state index in [9.17, 15) is 13.2 Å².